The van der Waals surface area contributed by atoms with Gasteiger partial charge in [0.15, 0.2) is 5.58 Å². The third-order valence-corrected chi connectivity index (χ3v) is 3.75. The van der Waals surface area contributed by atoms with E-state index in [9.17, 15) is 4.79 Å². The molecule has 3 heterocycles. The maximum absolute atomic E-state index is 12.3. The van der Waals surface area contributed by atoms with Gasteiger partial charge < -0.3 is 19.3 Å². The largest absolute Gasteiger partial charge is 0.463 e. The molecule has 1 amide bonds. The minimum atomic E-state index is -0.158. The minimum absolute atomic E-state index is 0.158. The van der Waals surface area contributed by atoms with E-state index in [1.807, 2.05) is 41.9 Å². The molecule has 0 atom stereocenters. The predicted octanol–water partition coefficient (Wildman–Crippen LogP) is 2.58. The Morgan fingerprint density at radius 2 is 2.23 bits per heavy atom. The molecule has 0 unspecified atom stereocenters. The lowest BCUT2D eigenvalue weighted by molar-refractivity contribution is 0.0942. The number of hydrogen-bond donors (Lipinski definition) is 2. The van der Waals surface area contributed by atoms with Crippen molar-refractivity contribution < 1.29 is 9.21 Å². The molecule has 4 rings (SSSR count). The molecule has 0 radical (unpaired) electrons. The van der Waals surface area contributed by atoms with Gasteiger partial charge in [0.05, 0.1) is 29.4 Å². The van der Waals surface area contributed by atoms with E-state index in [1.54, 1.807) is 12.3 Å². The van der Waals surface area contributed by atoms with Crippen LogP contribution >= 0.6 is 0 Å². The van der Waals surface area contributed by atoms with Crippen molar-refractivity contribution in [2.75, 3.05) is 0 Å². The van der Waals surface area contributed by atoms with E-state index in [2.05, 4.69) is 15.3 Å². The fraction of sp³-hybridized carbons (Fsp3) is 0.125. The number of carbonyl (C=O) groups is 1. The van der Waals surface area contributed by atoms with Gasteiger partial charge in [-0.25, -0.2) is 4.98 Å². The molecule has 0 aliphatic rings. The van der Waals surface area contributed by atoms with Crippen molar-refractivity contribution in [1.82, 2.24) is 19.9 Å². The molecule has 3 aromatic heterocycles. The first kappa shape index (κ1) is 12.7. The van der Waals surface area contributed by atoms with Crippen LogP contribution in [0, 0.1) is 0 Å². The van der Waals surface area contributed by atoms with Crippen LogP contribution in [0.4, 0.5) is 0 Å². The number of hydrogen-bond acceptors (Lipinski definition) is 3. The number of aryl methyl sites for hydroxylation is 1. The highest BCUT2D eigenvalue weighted by Gasteiger charge is 2.15. The van der Waals surface area contributed by atoms with Crippen molar-refractivity contribution in [2.24, 2.45) is 7.05 Å². The summed E-state index contributed by atoms with van der Waals surface area (Å²) in [7, 11) is 1.84. The Morgan fingerprint density at radius 3 is 3.05 bits per heavy atom. The number of carbonyl (C=O) groups excluding carboxylic acids is 1. The molecule has 110 valence electrons. The van der Waals surface area contributed by atoms with Gasteiger partial charge in [0.25, 0.3) is 5.91 Å². The molecule has 4 aromatic rings. The minimum Gasteiger partial charge on any atom is -0.463 e. The van der Waals surface area contributed by atoms with Crippen molar-refractivity contribution in [3.63, 3.8) is 0 Å². The SMILES string of the molecule is Cn1c(C(=O)NCc2nc3ccccc3[nH]2)cc2occc21. The molecule has 1 aromatic carbocycles. The van der Waals surface area contributed by atoms with E-state index in [4.69, 9.17) is 4.42 Å². The first-order valence-electron chi connectivity index (χ1n) is 6.97. The number of nitrogens with zero attached hydrogens (tertiary/aromatic N) is 2. The Balaban J connectivity index is 1.54. The molecular weight excluding hydrogens is 280 g/mol. The Morgan fingerprint density at radius 1 is 1.36 bits per heavy atom. The zero-order valence-electron chi connectivity index (χ0n) is 12.0. The summed E-state index contributed by atoms with van der Waals surface area (Å²) in [5.74, 6) is 0.571. The first-order chi connectivity index (χ1) is 10.7. The van der Waals surface area contributed by atoms with Crippen LogP contribution in [-0.2, 0) is 13.6 Å². The van der Waals surface area contributed by atoms with Crippen LogP contribution in [-0.4, -0.2) is 20.4 Å². The number of benzene rings is 1. The molecule has 22 heavy (non-hydrogen) atoms. The standard InChI is InChI=1S/C16H14N4O2/c1-20-12-6-7-22-14(12)8-13(20)16(21)17-9-15-18-10-4-2-3-5-11(10)19-15/h2-8H,9H2,1H3,(H,17,21)(H,18,19). The lowest BCUT2D eigenvalue weighted by Crippen LogP contribution is -2.25. The zero-order chi connectivity index (χ0) is 15.1. The van der Waals surface area contributed by atoms with Crippen LogP contribution in [0.3, 0.4) is 0 Å². The van der Waals surface area contributed by atoms with Gasteiger partial charge in [0.2, 0.25) is 0 Å². The molecule has 6 heteroatoms. The van der Waals surface area contributed by atoms with E-state index in [1.165, 1.54) is 0 Å². The summed E-state index contributed by atoms with van der Waals surface area (Å²) in [6.07, 6.45) is 1.61. The molecule has 6 nitrogen and oxygen atoms in total. The van der Waals surface area contributed by atoms with Crippen LogP contribution in [0.5, 0.6) is 0 Å². The van der Waals surface area contributed by atoms with Crippen LogP contribution in [0.15, 0.2) is 47.1 Å². The molecule has 0 saturated heterocycles. The van der Waals surface area contributed by atoms with Crippen molar-refractivity contribution in [3.8, 4) is 0 Å². The van der Waals surface area contributed by atoms with Gasteiger partial charge >= 0.3 is 0 Å². The van der Waals surface area contributed by atoms with Crippen molar-refractivity contribution in [3.05, 3.63) is 54.2 Å². The smallest absolute Gasteiger partial charge is 0.268 e. The van der Waals surface area contributed by atoms with Gasteiger partial charge in [0, 0.05) is 19.2 Å². The molecule has 0 spiro atoms. The molecular formula is C16H14N4O2. The summed E-state index contributed by atoms with van der Waals surface area (Å²) < 4.78 is 7.13. The van der Waals surface area contributed by atoms with Gasteiger partial charge in [-0.05, 0) is 12.1 Å². The normalized spacial score (nSPS) is 11.3. The fourth-order valence-corrected chi connectivity index (χ4v) is 2.61. The molecule has 0 saturated carbocycles. The number of rotatable bonds is 3. The number of imidazole rings is 1. The summed E-state index contributed by atoms with van der Waals surface area (Å²) in [4.78, 5) is 19.9. The second kappa shape index (κ2) is 4.77. The number of aromatic amines is 1. The average molecular weight is 294 g/mol. The highest BCUT2D eigenvalue weighted by atomic mass is 16.3. The molecule has 0 aliphatic heterocycles. The number of nitrogens with one attached hydrogen (secondary N) is 2. The Hall–Kier alpha value is -3.02. The third kappa shape index (κ3) is 1.96. The number of H-pyrrole nitrogens is 1. The molecule has 0 bridgehead atoms. The van der Waals surface area contributed by atoms with E-state index >= 15 is 0 Å². The summed E-state index contributed by atoms with van der Waals surface area (Å²) in [6, 6.07) is 11.3. The highest BCUT2D eigenvalue weighted by molar-refractivity contribution is 5.97. The predicted molar refractivity (Wildman–Crippen MR) is 82.4 cm³/mol. The fourth-order valence-electron chi connectivity index (χ4n) is 2.61. The summed E-state index contributed by atoms with van der Waals surface area (Å²) >= 11 is 0. The van der Waals surface area contributed by atoms with Crippen molar-refractivity contribution in [1.29, 1.82) is 0 Å². The van der Waals surface area contributed by atoms with Crippen LogP contribution in [0.25, 0.3) is 22.1 Å². The van der Waals surface area contributed by atoms with Crippen LogP contribution in [0.2, 0.25) is 0 Å². The van der Waals surface area contributed by atoms with E-state index in [0.717, 1.165) is 22.4 Å². The maximum atomic E-state index is 12.3. The van der Waals surface area contributed by atoms with Gasteiger partial charge in [-0.1, -0.05) is 12.1 Å². The first-order valence-corrected chi connectivity index (χ1v) is 6.97. The van der Waals surface area contributed by atoms with E-state index in [0.29, 0.717) is 17.8 Å². The summed E-state index contributed by atoms with van der Waals surface area (Å²) in [6.45, 7) is 0.347. The van der Waals surface area contributed by atoms with E-state index in [-0.39, 0.29) is 5.91 Å². The van der Waals surface area contributed by atoms with Crippen molar-refractivity contribution in [2.45, 2.75) is 6.54 Å². The number of fused-ring (bicyclic) bond motifs is 2. The Labute approximate surface area is 125 Å². The maximum Gasteiger partial charge on any atom is 0.268 e. The highest BCUT2D eigenvalue weighted by Crippen LogP contribution is 2.19. The molecule has 0 aliphatic carbocycles. The molecule has 2 N–H and O–H groups in total. The number of aromatic nitrogens is 3. The van der Waals surface area contributed by atoms with Gasteiger partial charge in [-0.3, -0.25) is 4.79 Å². The van der Waals surface area contributed by atoms with Crippen molar-refractivity contribution >= 4 is 28.0 Å². The number of para-hydroxylation sites is 2. The van der Waals surface area contributed by atoms with Gasteiger partial charge in [-0.15, -0.1) is 0 Å². The quantitative estimate of drug-likeness (QED) is 0.609. The lowest BCUT2D eigenvalue weighted by Gasteiger charge is -2.04. The zero-order valence-corrected chi connectivity index (χ0v) is 12.0. The van der Waals surface area contributed by atoms with Crippen LogP contribution < -0.4 is 5.32 Å². The Bertz CT molecular complexity index is 943. The lowest BCUT2D eigenvalue weighted by atomic mass is 10.3. The summed E-state index contributed by atoms with van der Waals surface area (Å²) in [5, 5.41) is 2.87. The Kier molecular flexibility index (Phi) is 2.75. The van der Waals surface area contributed by atoms with Crippen LogP contribution in [0.1, 0.15) is 16.3 Å². The second-order valence-corrected chi connectivity index (χ2v) is 5.14. The van der Waals surface area contributed by atoms with Gasteiger partial charge in [-0.2, -0.15) is 0 Å². The third-order valence-electron chi connectivity index (χ3n) is 3.75. The van der Waals surface area contributed by atoms with E-state index < -0.39 is 0 Å². The topological polar surface area (TPSA) is 75.8 Å². The summed E-state index contributed by atoms with van der Waals surface area (Å²) in [5.41, 5.74) is 4.02. The average Bonchev–Trinajstić information content (AvgIpc) is 3.20. The number of furan rings is 1. The number of amides is 1. The monoisotopic (exact) mass is 294 g/mol. The van der Waals surface area contributed by atoms with Gasteiger partial charge in [0.1, 0.15) is 11.5 Å². The molecule has 0 fully saturated rings. The second-order valence-electron chi connectivity index (χ2n) is 5.14.